The summed E-state index contributed by atoms with van der Waals surface area (Å²) in [5.41, 5.74) is 8.62. The molecular formula is C13H15N3O2S. The van der Waals surface area contributed by atoms with Crippen LogP contribution in [0.2, 0.25) is 0 Å². The first kappa shape index (κ1) is 12.4. The van der Waals surface area contributed by atoms with Crippen molar-refractivity contribution in [2.45, 2.75) is 13.0 Å². The van der Waals surface area contributed by atoms with Gasteiger partial charge >= 0.3 is 0 Å². The standard InChI is InChI=1S/C13H15N3O2S/c14-13-7-12(15-19(13,17)18)9-16-6-5-10-3-1-2-4-11(10)8-16/h1-4,7H,5-6,8-9,14H2. The molecule has 2 heterocycles. The van der Waals surface area contributed by atoms with Gasteiger partial charge in [-0.2, -0.15) is 12.8 Å². The summed E-state index contributed by atoms with van der Waals surface area (Å²) in [5, 5.41) is -0.153. The highest BCUT2D eigenvalue weighted by atomic mass is 32.2. The summed E-state index contributed by atoms with van der Waals surface area (Å²) < 4.78 is 26.5. The zero-order valence-corrected chi connectivity index (χ0v) is 11.2. The first-order valence-electron chi connectivity index (χ1n) is 6.15. The molecule has 0 radical (unpaired) electrons. The topological polar surface area (TPSA) is 75.8 Å². The van der Waals surface area contributed by atoms with Crippen molar-refractivity contribution < 1.29 is 8.42 Å². The lowest BCUT2D eigenvalue weighted by atomic mass is 10.00. The van der Waals surface area contributed by atoms with E-state index in [2.05, 4.69) is 21.4 Å². The summed E-state index contributed by atoms with van der Waals surface area (Å²) in [6, 6.07) is 8.32. The molecule has 19 heavy (non-hydrogen) atoms. The maximum atomic E-state index is 11.4. The third-order valence-electron chi connectivity index (χ3n) is 3.44. The number of nitrogens with zero attached hydrogens (tertiary/aromatic N) is 2. The molecule has 0 spiro atoms. The molecule has 0 unspecified atom stereocenters. The molecule has 100 valence electrons. The van der Waals surface area contributed by atoms with Crippen molar-refractivity contribution in [3.63, 3.8) is 0 Å². The lowest BCUT2D eigenvalue weighted by Crippen LogP contribution is -2.34. The van der Waals surface area contributed by atoms with Crippen LogP contribution >= 0.6 is 0 Å². The number of hydrogen-bond donors (Lipinski definition) is 1. The Kier molecular flexibility index (Phi) is 2.91. The van der Waals surface area contributed by atoms with E-state index in [1.54, 1.807) is 0 Å². The Labute approximate surface area is 112 Å². The summed E-state index contributed by atoms with van der Waals surface area (Å²) in [6.07, 6.45) is 2.44. The number of sulfonamides is 1. The molecule has 0 saturated carbocycles. The van der Waals surface area contributed by atoms with E-state index in [9.17, 15) is 8.42 Å². The highest BCUT2D eigenvalue weighted by Gasteiger charge is 2.24. The maximum Gasteiger partial charge on any atom is 0.297 e. The van der Waals surface area contributed by atoms with Gasteiger partial charge in [-0.3, -0.25) is 4.90 Å². The number of hydrogen-bond acceptors (Lipinski definition) is 4. The van der Waals surface area contributed by atoms with E-state index < -0.39 is 10.0 Å². The van der Waals surface area contributed by atoms with E-state index in [-0.39, 0.29) is 5.03 Å². The van der Waals surface area contributed by atoms with E-state index in [1.165, 1.54) is 17.2 Å². The highest BCUT2D eigenvalue weighted by Crippen LogP contribution is 2.19. The minimum atomic E-state index is -3.59. The van der Waals surface area contributed by atoms with Gasteiger partial charge in [-0.25, -0.2) is 0 Å². The van der Waals surface area contributed by atoms with Crippen LogP contribution in [0.5, 0.6) is 0 Å². The van der Waals surface area contributed by atoms with Crippen molar-refractivity contribution in [3.05, 3.63) is 46.5 Å². The maximum absolute atomic E-state index is 11.4. The van der Waals surface area contributed by atoms with Gasteiger partial charge in [0.05, 0.1) is 5.71 Å². The Morgan fingerprint density at radius 1 is 1.26 bits per heavy atom. The van der Waals surface area contributed by atoms with Gasteiger partial charge in [-0.15, -0.1) is 0 Å². The second kappa shape index (κ2) is 4.47. The van der Waals surface area contributed by atoms with Crippen LogP contribution in [0, 0.1) is 0 Å². The Bertz CT molecular complexity index is 677. The average Bonchev–Trinajstić information content (AvgIpc) is 2.62. The van der Waals surface area contributed by atoms with Crippen molar-refractivity contribution in [1.82, 2.24) is 4.90 Å². The molecule has 0 atom stereocenters. The molecule has 0 amide bonds. The molecule has 2 aliphatic heterocycles. The van der Waals surface area contributed by atoms with E-state index in [4.69, 9.17) is 5.73 Å². The fourth-order valence-electron chi connectivity index (χ4n) is 2.46. The van der Waals surface area contributed by atoms with Crippen molar-refractivity contribution in [2.24, 2.45) is 10.1 Å². The Hall–Kier alpha value is -1.66. The van der Waals surface area contributed by atoms with Gasteiger partial charge in [-0.1, -0.05) is 24.3 Å². The molecule has 2 N–H and O–H groups in total. The smallest absolute Gasteiger partial charge is 0.297 e. The summed E-state index contributed by atoms with van der Waals surface area (Å²) in [4.78, 5) is 2.19. The average molecular weight is 277 g/mol. The molecule has 3 rings (SSSR count). The second-order valence-electron chi connectivity index (χ2n) is 4.83. The van der Waals surface area contributed by atoms with Crippen molar-refractivity contribution in [3.8, 4) is 0 Å². The van der Waals surface area contributed by atoms with Crippen LogP contribution in [0.15, 0.2) is 39.8 Å². The van der Waals surface area contributed by atoms with Gasteiger partial charge in [0.1, 0.15) is 0 Å². The molecular weight excluding hydrogens is 262 g/mol. The Morgan fingerprint density at radius 2 is 2.00 bits per heavy atom. The van der Waals surface area contributed by atoms with Crippen LogP contribution in [0.1, 0.15) is 11.1 Å². The Morgan fingerprint density at radius 3 is 2.68 bits per heavy atom. The molecule has 6 heteroatoms. The monoisotopic (exact) mass is 277 g/mol. The molecule has 1 aromatic rings. The first-order chi connectivity index (χ1) is 9.04. The van der Waals surface area contributed by atoms with Gasteiger partial charge in [-0.05, 0) is 23.6 Å². The predicted octanol–water partition coefficient (Wildman–Crippen LogP) is 0.629. The molecule has 2 aliphatic rings. The van der Waals surface area contributed by atoms with Gasteiger partial charge < -0.3 is 5.73 Å². The minimum absolute atomic E-state index is 0.153. The lowest BCUT2D eigenvalue weighted by molar-refractivity contribution is 0.291. The first-order valence-corrected chi connectivity index (χ1v) is 7.59. The fourth-order valence-corrected chi connectivity index (χ4v) is 3.27. The Balaban J connectivity index is 1.75. The van der Waals surface area contributed by atoms with Gasteiger partial charge in [0.2, 0.25) is 0 Å². The normalized spacial score (nSPS) is 21.7. The molecule has 0 aromatic heterocycles. The van der Waals surface area contributed by atoms with E-state index >= 15 is 0 Å². The third kappa shape index (κ3) is 2.41. The summed E-state index contributed by atoms with van der Waals surface area (Å²) in [7, 11) is -3.59. The molecule has 0 saturated heterocycles. The third-order valence-corrected chi connectivity index (χ3v) is 4.63. The summed E-state index contributed by atoms with van der Waals surface area (Å²) in [6.45, 7) is 2.25. The van der Waals surface area contributed by atoms with Crippen LogP contribution in [0.4, 0.5) is 0 Å². The van der Waals surface area contributed by atoms with Crippen molar-refractivity contribution in [2.75, 3.05) is 13.1 Å². The SMILES string of the molecule is NC1=CC(CN2CCc3ccccc3C2)=NS1(=O)=O. The van der Waals surface area contributed by atoms with Crippen LogP contribution in [0.3, 0.4) is 0 Å². The van der Waals surface area contributed by atoms with Crippen LogP contribution in [-0.4, -0.2) is 32.1 Å². The molecule has 5 nitrogen and oxygen atoms in total. The fraction of sp³-hybridized carbons (Fsp3) is 0.308. The zero-order valence-electron chi connectivity index (χ0n) is 10.4. The second-order valence-corrected chi connectivity index (χ2v) is 6.44. The van der Waals surface area contributed by atoms with Crippen LogP contribution in [-0.2, 0) is 23.0 Å². The number of nitrogens with two attached hydrogens (primary N) is 1. The van der Waals surface area contributed by atoms with Gasteiger partial charge in [0.15, 0.2) is 5.03 Å². The van der Waals surface area contributed by atoms with Gasteiger partial charge in [0, 0.05) is 19.6 Å². The van der Waals surface area contributed by atoms with E-state index in [0.717, 1.165) is 19.5 Å². The number of benzene rings is 1. The summed E-state index contributed by atoms with van der Waals surface area (Å²) >= 11 is 0. The number of fused-ring (bicyclic) bond motifs is 1. The molecule has 0 fully saturated rings. The van der Waals surface area contributed by atoms with E-state index in [1.807, 2.05) is 12.1 Å². The minimum Gasteiger partial charge on any atom is -0.388 e. The molecule has 1 aromatic carbocycles. The predicted molar refractivity (Wildman–Crippen MR) is 74.0 cm³/mol. The molecule has 0 aliphatic carbocycles. The largest absolute Gasteiger partial charge is 0.388 e. The van der Waals surface area contributed by atoms with Crippen LogP contribution in [0.25, 0.3) is 0 Å². The zero-order chi connectivity index (χ0) is 13.5. The quantitative estimate of drug-likeness (QED) is 0.860. The number of rotatable bonds is 2. The summed E-state index contributed by atoms with van der Waals surface area (Å²) in [5.74, 6) is 0. The van der Waals surface area contributed by atoms with Crippen molar-refractivity contribution in [1.29, 1.82) is 0 Å². The van der Waals surface area contributed by atoms with E-state index in [0.29, 0.717) is 12.3 Å². The van der Waals surface area contributed by atoms with Crippen LogP contribution < -0.4 is 5.73 Å². The highest BCUT2D eigenvalue weighted by molar-refractivity contribution is 7.94. The van der Waals surface area contributed by atoms with Crippen molar-refractivity contribution >= 4 is 15.7 Å². The molecule has 0 bridgehead atoms. The lowest BCUT2D eigenvalue weighted by Gasteiger charge is -2.28. The van der Waals surface area contributed by atoms with Gasteiger partial charge in [0.25, 0.3) is 10.0 Å².